The van der Waals surface area contributed by atoms with Crippen LogP contribution >= 0.6 is 0 Å². The largest absolute Gasteiger partial charge is 0.456 e. The number of furan rings is 1. The molecule has 0 aliphatic rings. The predicted octanol–water partition coefficient (Wildman–Crippen LogP) is 14.9. The molecule has 0 unspecified atom stereocenters. The van der Waals surface area contributed by atoms with Crippen molar-refractivity contribution in [3.63, 3.8) is 0 Å². The highest BCUT2D eigenvalue weighted by Gasteiger charge is 2.22. The second-order valence-corrected chi connectivity index (χ2v) is 13.7. The molecule has 2 heteroatoms. The summed E-state index contributed by atoms with van der Waals surface area (Å²) >= 11 is 0. The maximum atomic E-state index is 6.28. The summed E-state index contributed by atoms with van der Waals surface area (Å²) in [5, 5.41) is 4.61. The summed E-state index contributed by atoms with van der Waals surface area (Å²) < 4.78 is 6.28. The third-order valence-electron chi connectivity index (χ3n) is 10.5. The van der Waals surface area contributed by atoms with Crippen molar-refractivity contribution < 1.29 is 4.42 Å². The molecule has 0 N–H and O–H groups in total. The van der Waals surface area contributed by atoms with Crippen molar-refractivity contribution in [3.05, 3.63) is 212 Å². The van der Waals surface area contributed by atoms with Crippen LogP contribution in [0.3, 0.4) is 0 Å². The average molecular weight is 690 g/mol. The van der Waals surface area contributed by atoms with Gasteiger partial charge in [0.1, 0.15) is 11.2 Å². The molecule has 0 radical (unpaired) electrons. The van der Waals surface area contributed by atoms with Crippen LogP contribution in [-0.4, -0.2) is 0 Å². The van der Waals surface area contributed by atoms with E-state index in [1.807, 2.05) is 12.1 Å². The highest BCUT2D eigenvalue weighted by molar-refractivity contribution is 6.07. The van der Waals surface area contributed by atoms with Crippen LogP contribution in [0.25, 0.3) is 77.2 Å². The zero-order valence-electron chi connectivity index (χ0n) is 29.6. The lowest BCUT2D eigenvalue weighted by Gasteiger charge is -2.29. The Morgan fingerprint density at radius 3 is 1.70 bits per heavy atom. The van der Waals surface area contributed by atoms with Gasteiger partial charge >= 0.3 is 0 Å². The topological polar surface area (TPSA) is 16.4 Å². The van der Waals surface area contributed by atoms with Crippen LogP contribution in [0, 0.1) is 0 Å². The van der Waals surface area contributed by atoms with E-state index in [1.165, 1.54) is 44.2 Å². The van der Waals surface area contributed by atoms with Crippen LogP contribution in [0.1, 0.15) is 0 Å². The normalized spacial score (nSPS) is 11.3. The molecule has 0 amide bonds. The van der Waals surface area contributed by atoms with E-state index >= 15 is 0 Å². The van der Waals surface area contributed by atoms with Crippen LogP contribution in [0.5, 0.6) is 0 Å². The number of rotatable bonds is 7. The summed E-state index contributed by atoms with van der Waals surface area (Å²) in [6.07, 6.45) is 0. The first-order valence-corrected chi connectivity index (χ1v) is 18.4. The van der Waals surface area contributed by atoms with Crippen molar-refractivity contribution >= 4 is 49.8 Å². The van der Waals surface area contributed by atoms with Crippen molar-refractivity contribution in [2.24, 2.45) is 0 Å². The second-order valence-electron chi connectivity index (χ2n) is 13.7. The predicted molar refractivity (Wildman–Crippen MR) is 228 cm³/mol. The lowest BCUT2D eigenvalue weighted by molar-refractivity contribution is 0.669. The molecule has 0 saturated heterocycles. The highest BCUT2D eigenvalue weighted by atomic mass is 16.3. The zero-order valence-corrected chi connectivity index (χ0v) is 29.6. The van der Waals surface area contributed by atoms with Crippen LogP contribution in [0.15, 0.2) is 217 Å². The Hall–Kier alpha value is -7.16. The number of fused-ring (bicyclic) bond motifs is 4. The van der Waals surface area contributed by atoms with Crippen LogP contribution < -0.4 is 4.90 Å². The van der Waals surface area contributed by atoms with Gasteiger partial charge in [-0.1, -0.05) is 164 Å². The Bertz CT molecular complexity index is 2940. The minimum Gasteiger partial charge on any atom is -0.456 e. The van der Waals surface area contributed by atoms with E-state index in [0.29, 0.717) is 0 Å². The molecule has 0 spiro atoms. The van der Waals surface area contributed by atoms with E-state index in [0.717, 1.165) is 50.1 Å². The van der Waals surface area contributed by atoms with Gasteiger partial charge in [-0.3, -0.25) is 0 Å². The van der Waals surface area contributed by atoms with Gasteiger partial charge in [-0.15, -0.1) is 0 Å². The van der Waals surface area contributed by atoms with E-state index < -0.39 is 0 Å². The summed E-state index contributed by atoms with van der Waals surface area (Å²) in [7, 11) is 0. The number of benzene rings is 9. The molecule has 54 heavy (non-hydrogen) atoms. The van der Waals surface area contributed by atoms with Crippen molar-refractivity contribution in [3.8, 4) is 44.5 Å². The fourth-order valence-electron chi connectivity index (χ4n) is 7.89. The smallest absolute Gasteiger partial charge is 0.135 e. The average Bonchev–Trinajstić information content (AvgIpc) is 3.62. The van der Waals surface area contributed by atoms with Gasteiger partial charge in [0.25, 0.3) is 0 Å². The molecule has 2 nitrogen and oxygen atoms in total. The molecule has 0 bridgehead atoms. The minimum absolute atomic E-state index is 0.879. The SMILES string of the molecule is c1ccc(-c2ccc(-c3ccccc3)c(-c3ccccc3-c3ccccc3N(c3ccc4ccccc4c3)c3ccc4oc5ccccc5c4c3)c2)cc1. The fraction of sp³-hybridized carbons (Fsp3) is 0. The third-order valence-corrected chi connectivity index (χ3v) is 10.5. The monoisotopic (exact) mass is 689 g/mol. The summed E-state index contributed by atoms with van der Waals surface area (Å²) in [6, 6.07) is 76.1. The number of nitrogens with zero attached hydrogens (tertiary/aromatic N) is 1. The van der Waals surface area contributed by atoms with Gasteiger partial charge in [-0.25, -0.2) is 0 Å². The van der Waals surface area contributed by atoms with Crippen molar-refractivity contribution in [1.82, 2.24) is 0 Å². The quantitative estimate of drug-likeness (QED) is 0.166. The van der Waals surface area contributed by atoms with Gasteiger partial charge in [0.15, 0.2) is 0 Å². The molecular weight excluding hydrogens is 655 g/mol. The van der Waals surface area contributed by atoms with Crippen molar-refractivity contribution in [2.45, 2.75) is 0 Å². The summed E-state index contributed by atoms with van der Waals surface area (Å²) in [5.41, 5.74) is 14.4. The number of anilines is 3. The van der Waals surface area contributed by atoms with Gasteiger partial charge in [-0.2, -0.15) is 0 Å². The first-order chi connectivity index (χ1) is 26.8. The van der Waals surface area contributed by atoms with Crippen LogP contribution in [0.2, 0.25) is 0 Å². The Labute approximate surface area is 314 Å². The maximum Gasteiger partial charge on any atom is 0.135 e. The summed E-state index contributed by atoms with van der Waals surface area (Å²) in [4.78, 5) is 2.40. The van der Waals surface area contributed by atoms with E-state index in [2.05, 4.69) is 205 Å². The Morgan fingerprint density at radius 2 is 0.889 bits per heavy atom. The standard InChI is InChI=1S/C52H35NO/c1-3-15-36(16-4-1)40-28-31-43(38-18-5-2-6-19-38)48(34-40)45-22-10-9-21-44(45)46-23-11-13-25-50(46)53(41-29-27-37-17-7-8-20-39(37)33-41)42-30-32-52-49(35-42)47-24-12-14-26-51(47)54-52/h1-35H. The van der Waals surface area contributed by atoms with Gasteiger partial charge in [0.05, 0.1) is 5.69 Å². The van der Waals surface area contributed by atoms with E-state index in [-0.39, 0.29) is 0 Å². The van der Waals surface area contributed by atoms with Crippen LogP contribution in [-0.2, 0) is 0 Å². The zero-order chi connectivity index (χ0) is 35.8. The Balaban J connectivity index is 1.21. The maximum absolute atomic E-state index is 6.28. The Morgan fingerprint density at radius 1 is 0.296 bits per heavy atom. The number of para-hydroxylation sites is 2. The van der Waals surface area contributed by atoms with Crippen molar-refractivity contribution in [2.75, 3.05) is 4.90 Å². The number of hydrogen-bond acceptors (Lipinski definition) is 2. The van der Waals surface area contributed by atoms with Gasteiger partial charge < -0.3 is 9.32 Å². The molecule has 1 heterocycles. The summed E-state index contributed by atoms with van der Waals surface area (Å²) in [5.74, 6) is 0. The first kappa shape index (κ1) is 31.6. The molecule has 0 fully saturated rings. The molecule has 254 valence electrons. The highest BCUT2D eigenvalue weighted by Crippen LogP contribution is 2.47. The fourth-order valence-corrected chi connectivity index (χ4v) is 7.89. The van der Waals surface area contributed by atoms with E-state index in [4.69, 9.17) is 4.42 Å². The summed E-state index contributed by atoms with van der Waals surface area (Å²) in [6.45, 7) is 0. The molecule has 0 saturated carbocycles. The minimum atomic E-state index is 0.879. The second kappa shape index (κ2) is 13.4. The first-order valence-electron chi connectivity index (χ1n) is 18.4. The lowest BCUT2D eigenvalue weighted by Crippen LogP contribution is -2.11. The molecule has 10 aromatic rings. The van der Waals surface area contributed by atoms with Gasteiger partial charge in [0, 0.05) is 27.7 Å². The Kier molecular flexibility index (Phi) is 7.85. The van der Waals surface area contributed by atoms with Crippen LogP contribution in [0.4, 0.5) is 17.1 Å². The molecule has 9 aromatic carbocycles. The van der Waals surface area contributed by atoms with E-state index in [9.17, 15) is 0 Å². The van der Waals surface area contributed by atoms with E-state index in [1.54, 1.807) is 0 Å². The van der Waals surface area contributed by atoms with Crippen molar-refractivity contribution in [1.29, 1.82) is 0 Å². The van der Waals surface area contributed by atoms with Gasteiger partial charge in [0.2, 0.25) is 0 Å². The molecule has 1 aromatic heterocycles. The third kappa shape index (κ3) is 5.62. The molecule has 0 aliphatic carbocycles. The molecule has 10 rings (SSSR count). The lowest BCUT2D eigenvalue weighted by atomic mass is 9.87. The molecule has 0 aliphatic heterocycles. The van der Waals surface area contributed by atoms with Gasteiger partial charge in [-0.05, 0) is 98.2 Å². The number of hydrogen-bond donors (Lipinski definition) is 0. The molecular formula is C52H35NO. The molecule has 0 atom stereocenters.